The van der Waals surface area contributed by atoms with E-state index in [1.165, 1.54) is 12.1 Å². The molecule has 106 valence electrons. The predicted octanol–water partition coefficient (Wildman–Crippen LogP) is 2.59. The number of nitrogens with zero attached hydrogens (tertiary/aromatic N) is 1. The summed E-state index contributed by atoms with van der Waals surface area (Å²) in [7, 11) is 2.01. The highest BCUT2D eigenvalue weighted by atomic mass is 35.5. The molecule has 1 aliphatic rings. The van der Waals surface area contributed by atoms with Gasteiger partial charge in [0, 0.05) is 30.3 Å². The third-order valence-electron chi connectivity index (χ3n) is 3.84. The molecule has 0 radical (unpaired) electrons. The Labute approximate surface area is 118 Å². The van der Waals surface area contributed by atoms with Gasteiger partial charge in [0.15, 0.2) is 0 Å². The standard InChI is InChI=1S/C14H20ClFN2O/c1-9-13(3-4-19-9)18(2)14(8-17)10-5-11(15)7-12(16)6-10/h5-7,9,13-14H,3-4,8,17H2,1-2H3. The van der Waals surface area contributed by atoms with Crippen molar-refractivity contribution < 1.29 is 9.13 Å². The molecule has 0 aromatic heterocycles. The second kappa shape index (κ2) is 6.18. The second-order valence-corrected chi connectivity index (χ2v) is 5.49. The van der Waals surface area contributed by atoms with Crippen LogP contribution in [-0.2, 0) is 4.74 Å². The first kappa shape index (κ1) is 14.7. The molecule has 0 bridgehead atoms. The van der Waals surface area contributed by atoms with Gasteiger partial charge in [0.1, 0.15) is 5.82 Å². The van der Waals surface area contributed by atoms with Crippen molar-refractivity contribution in [1.29, 1.82) is 0 Å². The van der Waals surface area contributed by atoms with Crippen LogP contribution in [0.2, 0.25) is 5.02 Å². The summed E-state index contributed by atoms with van der Waals surface area (Å²) >= 11 is 5.92. The summed E-state index contributed by atoms with van der Waals surface area (Å²) in [5.41, 5.74) is 6.68. The van der Waals surface area contributed by atoms with Crippen molar-refractivity contribution in [3.63, 3.8) is 0 Å². The van der Waals surface area contributed by atoms with Gasteiger partial charge >= 0.3 is 0 Å². The van der Waals surface area contributed by atoms with Crippen LogP contribution in [0.1, 0.15) is 24.9 Å². The van der Waals surface area contributed by atoms with Crippen LogP contribution in [0.15, 0.2) is 18.2 Å². The van der Waals surface area contributed by atoms with E-state index in [1.807, 2.05) is 7.05 Å². The van der Waals surface area contributed by atoms with E-state index < -0.39 is 0 Å². The summed E-state index contributed by atoms with van der Waals surface area (Å²) < 4.78 is 19.1. The van der Waals surface area contributed by atoms with Crippen molar-refractivity contribution in [3.8, 4) is 0 Å². The van der Waals surface area contributed by atoms with Gasteiger partial charge in [-0.05, 0) is 44.2 Å². The molecule has 1 aliphatic heterocycles. The van der Waals surface area contributed by atoms with E-state index in [-0.39, 0.29) is 18.0 Å². The molecule has 0 spiro atoms. The van der Waals surface area contributed by atoms with Crippen LogP contribution >= 0.6 is 11.6 Å². The summed E-state index contributed by atoms with van der Waals surface area (Å²) in [4.78, 5) is 2.17. The fraction of sp³-hybridized carbons (Fsp3) is 0.571. The number of hydrogen-bond donors (Lipinski definition) is 1. The Kier molecular flexibility index (Phi) is 4.79. The highest BCUT2D eigenvalue weighted by Crippen LogP contribution is 2.29. The maximum atomic E-state index is 13.5. The van der Waals surface area contributed by atoms with Crippen LogP contribution in [0.4, 0.5) is 4.39 Å². The smallest absolute Gasteiger partial charge is 0.125 e. The van der Waals surface area contributed by atoms with Gasteiger partial charge in [0.25, 0.3) is 0 Å². The summed E-state index contributed by atoms with van der Waals surface area (Å²) in [5.74, 6) is -0.329. The van der Waals surface area contributed by atoms with Crippen molar-refractivity contribution in [3.05, 3.63) is 34.6 Å². The van der Waals surface area contributed by atoms with E-state index in [9.17, 15) is 4.39 Å². The van der Waals surface area contributed by atoms with Crippen LogP contribution in [0.25, 0.3) is 0 Å². The van der Waals surface area contributed by atoms with Gasteiger partial charge in [-0.15, -0.1) is 0 Å². The lowest BCUT2D eigenvalue weighted by Crippen LogP contribution is -2.42. The van der Waals surface area contributed by atoms with E-state index in [1.54, 1.807) is 6.07 Å². The van der Waals surface area contributed by atoms with E-state index >= 15 is 0 Å². The third kappa shape index (κ3) is 3.26. The molecule has 1 heterocycles. The molecule has 1 aromatic carbocycles. The molecular weight excluding hydrogens is 267 g/mol. The van der Waals surface area contributed by atoms with Crippen LogP contribution < -0.4 is 5.73 Å². The SMILES string of the molecule is CC1OCCC1N(C)C(CN)c1cc(F)cc(Cl)c1. The molecule has 3 atom stereocenters. The molecule has 1 aromatic rings. The quantitative estimate of drug-likeness (QED) is 0.925. The monoisotopic (exact) mass is 286 g/mol. The fourth-order valence-electron chi connectivity index (χ4n) is 2.79. The Morgan fingerprint density at radius 3 is 2.79 bits per heavy atom. The zero-order valence-electron chi connectivity index (χ0n) is 11.3. The van der Waals surface area contributed by atoms with Crippen LogP contribution in [-0.4, -0.2) is 37.2 Å². The minimum atomic E-state index is -0.329. The Balaban J connectivity index is 2.23. The third-order valence-corrected chi connectivity index (χ3v) is 4.06. The average molecular weight is 287 g/mol. The van der Waals surface area contributed by atoms with Crippen LogP contribution in [0.3, 0.4) is 0 Å². The highest BCUT2D eigenvalue weighted by molar-refractivity contribution is 6.30. The molecule has 3 unspecified atom stereocenters. The summed E-state index contributed by atoms with van der Waals surface area (Å²) in [5, 5.41) is 0.401. The van der Waals surface area contributed by atoms with Gasteiger partial charge in [0.05, 0.1) is 6.10 Å². The summed E-state index contributed by atoms with van der Waals surface area (Å²) in [6.07, 6.45) is 1.14. The zero-order chi connectivity index (χ0) is 14.0. The van der Waals surface area contributed by atoms with Crippen LogP contribution in [0, 0.1) is 5.82 Å². The van der Waals surface area contributed by atoms with Gasteiger partial charge in [-0.3, -0.25) is 4.90 Å². The Morgan fingerprint density at radius 1 is 1.53 bits per heavy atom. The first-order chi connectivity index (χ1) is 9.02. The van der Waals surface area contributed by atoms with Crippen molar-refractivity contribution in [2.24, 2.45) is 5.73 Å². The lowest BCUT2D eigenvalue weighted by Gasteiger charge is -2.34. The topological polar surface area (TPSA) is 38.5 Å². The Hall–Kier alpha value is -0.680. The van der Waals surface area contributed by atoms with Crippen molar-refractivity contribution in [1.82, 2.24) is 4.90 Å². The minimum Gasteiger partial charge on any atom is -0.377 e. The molecule has 19 heavy (non-hydrogen) atoms. The Bertz CT molecular complexity index is 423. The van der Waals surface area contributed by atoms with E-state index in [0.717, 1.165) is 18.6 Å². The van der Waals surface area contributed by atoms with Gasteiger partial charge in [-0.2, -0.15) is 0 Å². The van der Waals surface area contributed by atoms with Crippen molar-refractivity contribution in [2.75, 3.05) is 20.2 Å². The number of likely N-dealkylation sites (N-methyl/N-ethyl adjacent to an activating group) is 1. The number of nitrogens with two attached hydrogens (primary N) is 1. The first-order valence-corrected chi connectivity index (χ1v) is 6.90. The Morgan fingerprint density at radius 2 is 2.26 bits per heavy atom. The first-order valence-electron chi connectivity index (χ1n) is 6.52. The number of halogens is 2. The normalized spacial score (nSPS) is 24.9. The van der Waals surface area contributed by atoms with E-state index in [4.69, 9.17) is 22.1 Å². The highest BCUT2D eigenvalue weighted by Gasteiger charge is 2.32. The summed E-state index contributed by atoms with van der Waals surface area (Å²) in [6.45, 7) is 3.23. The zero-order valence-corrected chi connectivity index (χ0v) is 12.0. The maximum Gasteiger partial charge on any atom is 0.125 e. The molecule has 0 aliphatic carbocycles. The van der Waals surface area contributed by atoms with Gasteiger partial charge < -0.3 is 10.5 Å². The minimum absolute atomic E-state index is 0.0534. The number of benzene rings is 1. The molecule has 1 fully saturated rings. The number of ether oxygens (including phenoxy) is 1. The molecular formula is C14H20ClFN2O. The van der Waals surface area contributed by atoms with Crippen LogP contribution in [0.5, 0.6) is 0 Å². The molecule has 2 N–H and O–H groups in total. The number of hydrogen-bond acceptors (Lipinski definition) is 3. The van der Waals surface area contributed by atoms with E-state index in [2.05, 4.69) is 11.8 Å². The molecule has 1 saturated heterocycles. The lowest BCUT2D eigenvalue weighted by molar-refractivity contribution is 0.0685. The molecule has 3 nitrogen and oxygen atoms in total. The average Bonchev–Trinajstić information content (AvgIpc) is 2.75. The van der Waals surface area contributed by atoms with Gasteiger partial charge in [-0.1, -0.05) is 11.6 Å². The molecule has 5 heteroatoms. The largest absolute Gasteiger partial charge is 0.377 e. The molecule has 0 saturated carbocycles. The summed E-state index contributed by atoms with van der Waals surface area (Å²) in [6, 6.07) is 4.83. The lowest BCUT2D eigenvalue weighted by atomic mass is 10.0. The molecule has 0 amide bonds. The van der Waals surface area contributed by atoms with Gasteiger partial charge in [0.2, 0.25) is 0 Å². The maximum absolute atomic E-state index is 13.5. The molecule has 2 rings (SSSR count). The van der Waals surface area contributed by atoms with Crippen molar-refractivity contribution in [2.45, 2.75) is 31.5 Å². The van der Waals surface area contributed by atoms with E-state index in [0.29, 0.717) is 17.6 Å². The second-order valence-electron chi connectivity index (χ2n) is 5.05. The fourth-order valence-corrected chi connectivity index (χ4v) is 3.02. The number of rotatable bonds is 4. The predicted molar refractivity (Wildman–Crippen MR) is 74.8 cm³/mol. The van der Waals surface area contributed by atoms with Gasteiger partial charge in [-0.25, -0.2) is 4.39 Å². The van der Waals surface area contributed by atoms with Crippen molar-refractivity contribution >= 4 is 11.6 Å².